The predicted octanol–water partition coefficient (Wildman–Crippen LogP) is 7.64. The number of hydrogen-bond donors (Lipinski definition) is 0. The molecule has 2 nitrogen and oxygen atoms in total. The first-order valence-corrected chi connectivity index (χ1v) is 11.2. The zero-order valence-electron chi connectivity index (χ0n) is 19.3. The van der Waals surface area contributed by atoms with Gasteiger partial charge in [0.2, 0.25) is 0 Å². The van der Waals surface area contributed by atoms with E-state index in [4.69, 9.17) is 4.74 Å². The van der Waals surface area contributed by atoms with Crippen LogP contribution >= 0.6 is 0 Å². The highest BCUT2D eigenvalue weighted by molar-refractivity contribution is 5.93. The molecule has 2 heteroatoms. The summed E-state index contributed by atoms with van der Waals surface area (Å²) in [5.41, 5.74) is 7.12. The highest BCUT2D eigenvalue weighted by Crippen LogP contribution is 2.33. The number of ether oxygens (including phenoxy) is 1. The lowest BCUT2D eigenvalue weighted by Gasteiger charge is -2.20. The van der Waals surface area contributed by atoms with E-state index in [1.165, 1.54) is 5.56 Å². The van der Waals surface area contributed by atoms with Gasteiger partial charge in [-0.15, -0.1) is 0 Å². The average molecular weight is 433 g/mol. The maximum Gasteiger partial charge on any atom is 0.343 e. The first-order valence-electron chi connectivity index (χ1n) is 11.2. The second-order valence-electron chi connectivity index (χ2n) is 8.36. The Morgan fingerprint density at radius 3 is 1.64 bits per heavy atom. The Kier molecular flexibility index (Phi) is 6.85. The molecule has 164 valence electrons. The molecule has 4 aromatic rings. The number of esters is 1. The van der Waals surface area contributed by atoms with Crippen molar-refractivity contribution < 1.29 is 9.53 Å². The van der Waals surface area contributed by atoms with Gasteiger partial charge in [-0.05, 0) is 61.2 Å². The van der Waals surface area contributed by atoms with Crippen molar-refractivity contribution in [2.24, 2.45) is 0 Å². The van der Waals surface area contributed by atoms with Gasteiger partial charge in [-0.2, -0.15) is 0 Å². The molecule has 0 aliphatic rings. The number of carbonyl (C=O) groups excluding carboxylic acids is 1. The Hall–Kier alpha value is -3.91. The Bertz CT molecular complexity index is 1190. The highest BCUT2D eigenvalue weighted by Gasteiger charge is 2.20. The Morgan fingerprint density at radius 2 is 1.15 bits per heavy atom. The molecule has 0 bridgehead atoms. The molecule has 0 saturated carbocycles. The van der Waals surface area contributed by atoms with Crippen molar-refractivity contribution in [1.82, 2.24) is 0 Å². The summed E-state index contributed by atoms with van der Waals surface area (Å²) >= 11 is 0. The molecular formula is C31H28O2. The summed E-state index contributed by atoms with van der Waals surface area (Å²) in [4.78, 5) is 13.1. The summed E-state index contributed by atoms with van der Waals surface area (Å²) in [7, 11) is 0. The van der Waals surface area contributed by atoms with Crippen LogP contribution in [0.2, 0.25) is 0 Å². The molecule has 0 aliphatic heterocycles. The number of carbonyl (C=O) groups is 1. The van der Waals surface area contributed by atoms with Gasteiger partial charge in [0.25, 0.3) is 0 Å². The molecule has 0 fully saturated rings. The van der Waals surface area contributed by atoms with E-state index in [9.17, 15) is 4.79 Å². The van der Waals surface area contributed by atoms with Crippen molar-refractivity contribution >= 4 is 11.7 Å². The molecule has 0 unspecified atom stereocenters. The van der Waals surface area contributed by atoms with Crippen molar-refractivity contribution in [2.45, 2.75) is 26.7 Å². The zero-order chi connectivity index (χ0) is 23.2. The molecule has 0 amide bonds. The topological polar surface area (TPSA) is 26.3 Å². The van der Waals surface area contributed by atoms with E-state index in [1.807, 2.05) is 54.6 Å². The van der Waals surface area contributed by atoms with Gasteiger partial charge in [-0.3, -0.25) is 0 Å². The summed E-state index contributed by atoms with van der Waals surface area (Å²) in [6.07, 6.45) is 2.08. The van der Waals surface area contributed by atoms with Gasteiger partial charge in [0.05, 0.1) is 5.56 Å². The van der Waals surface area contributed by atoms with Crippen LogP contribution in [0.15, 0.2) is 109 Å². The summed E-state index contributed by atoms with van der Waals surface area (Å²) in [5, 5.41) is 0. The maximum absolute atomic E-state index is 13.1. The average Bonchev–Trinajstić information content (AvgIpc) is 2.83. The van der Waals surface area contributed by atoms with Gasteiger partial charge in [0.15, 0.2) is 0 Å². The molecule has 0 N–H and O–H groups in total. The van der Waals surface area contributed by atoms with E-state index in [2.05, 4.69) is 63.2 Å². The number of benzene rings is 4. The first kappa shape index (κ1) is 22.3. The van der Waals surface area contributed by atoms with E-state index in [0.717, 1.165) is 27.8 Å². The Balaban J connectivity index is 1.88. The van der Waals surface area contributed by atoms with Crippen molar-refractivity contribution in [2.75, 3.05) is 0 Å². The van der Waals surface area contributed by atoms with E-state index in [1.54, 1.807) is 12.1 Å². The standard InChI is InChI=1S/C31H28O2/c1-22-19-23(2)30(24(3)20-22)29(33-31(32)27-17-11-6-12-18-27)21-28(25-13-7-4-8-14-25)26-15-9-5-10-16-26/h4-21,28H,1-3H3. The molecule has 0 heterocycles. The van der Waals surface area contributed by atoms with Gasteiger partial charge in [-0.25, -0.2) is 4.79 Å². The molecule has 4 rings (SSSR count). The van der Waals surface area contributed by atoms with E-state index in [0.29, 0.717) is 11.3 Å². The van der Waals surface area contributed by atoms with Crippen LogP contribution in [0.4, 0.5) is 0 Å². The van der Waals surface area contributed by atoms with Crippen LogP contribution in [-0.2, 0) is 4.74 Å². The number of allylic oxidation sites excluding steroid dienone is 1. The third-order valence-electron chi connectivity index (χ3n) is 5.77. The molecule has 0 spiro atoms. The van der Waals surface area contributed by atoms with Crippen LogP contribution in [0.1, 0.15) is 49.7 Å². The second kappa shape index (κ2) is 10.1. The predicted molar refractivity (Wildman–Crippen MR) is 135 cm³/mol. The fourth-order valence-electron chi connectivity index (χ4n) is 4.33. The van der Waals surface area contributed by atoms with Gasteiger partial charge >= 0.3 is 5.97 Å². The molecule has 0 saturated heterocycles. The largest absolute Gasteiger partial charge is 0.423 e. The Labute approximate surface area is 196 Å². The third kappa shape index (κ3) is 5.30. The quantitative estimate of drug-likeness (QED) is 0.231. The minimum absolute atomic E-state index is 0.0638. The summed E-state index contributed by atoms with van der Waals surface area (Å²) in [6.45, 7) is 6.22. The van der Waals surface area contributed by atoms with Crippen molar-refractivity contribution in [3.05, 3.63) is 148 Å². The van der Waals surface area contributed by atoms with E-state index >= 15 is 0 Å². The second-order valence-corrected chi connectivity index (χ2v) is 8.36. The molecule has 0 radical (unpaired) electrons. The van der Waals surface area contributed by atoms with Crippen LogP contribution in [0, 0.1) is 20.8 Å². The van der Waals surface area contributed by atoms with Gasteiger partial charge in [-0.1, -0.05) is 96.6 Å². The van der Waals surface area contributed by atoms with Crippen molar-refractivity contribution in [3.8, 4) is 0 Å². The fourth-order valence-corrected chi connectivity index (χ4v) is 4.33. The van der Waals surface area contributed by atoms with E-state index < -0.39 is 0 Å². The molecule has 0 atom stereocenters. The van der Waals surface area contributed by atoms with Crippen LogP contribution < -0.4 is 0 Å². The SMILES string of the molecule is Cc1cc(C)c(C(=CC(c2ccccc2)c2ccccc2)OC(=O)c2ccccc2)c(C)c1. The molecule has 0 aromatic heterocycles. The molecule has 0 aliphatic carbocycles. The summed E-state index contributed by atoms with van der Waals surface area (Å²) < 4.78 is 6.12. The number of hydrogen-bond acceptors (Lipinski definition) is 2. The van der Waals surface area contributed by atoms with Crippen LogP contribution in [-0.4, -0.2) is 5.97 Å². The van der Waals surface area contributed by atoms with Crippen molar-refractivity contribution in [3.63, 3.8) is 0 Å². The van der Waals surface area contributed by atoms with Gasteiger partial charge < -0.3 is 4.74 Å². The molecular weight excluding hydrogens is 404 g/mol. The lowest BCUT2D eigenvalue weighted by molar-refractivity contribution is 0.0691. The highest BCUT2D eigenvalue weighted by atomic mass is 16.5. The van der Waals surface area contributed by atoms with Crippen LogP contribution in [0.5, 0.6) is 0 Å². The van der Waals surface area contributed by atoms with Crippen LogP contribution in [0.25, 0.3) is 5.76 Å². The lowest BCUT2D eigenvalue weighted by Crippen LogP contribution is -2.09. The molecule has 33 heavy (non-hydrogen) atoms. The molecule has 4 aromatic carbocycles. The van der Waals surface area contributed by atoms with Gasteiger partial charge in [0.1, 0.15) is 5.76 Å². The number of rotatable bonds is 6. The summed E-state index contributed by atoms with van der Waals surface area (Å²) in [6, 6.07) is 34.0. The minimum atomic E-state index is -0.360. The lowest BCUT2D eigenvalue weighted by atomic mass is 9.88. The summed E-state index contributed by atoms with van der Waals surface area (Å²) in [5.74, 6) is 0.156. The van der Waals surface area contributed by atoms with Crippen LogP contribution in [0.3, 0.4) is 0 Å². The normalized spacial score (nSPS) is 11.5. The number of aryl methyl sites for hydroxylation is 3. The Morgan fingerprint density at radius 1 is 0.697 bits per heavy atom. The first-order chi connectivity index (χ1) is 16.0. The zero-order valence-corrected chi connectivity index (χ0v) is 19.3. The maximum atomic E-state index is 13.1. The van der Waals surface area contributed by atoms with Gasteiger partial charge in [0, 0.05) is 11.5 Å². The fraction of sp³-hybridized carbons (Fsp3) is 0.129. The van der Waals surface area contributed by atoms with E-state index in [-0.39, 0.29) is 11.9 Å². The minimum Gasteiger partial charge on any atom is -0.423 e. The third-order valence-corrected chi connectivity index (χ3v) is 5.77. The van der Waals surface area contributed by atoms with Crippen molar-refractivity contribution in [1.29, 1.82) is 0 Å². The smallest absolute Gasteiger partial charge is 0.343 e. The monoisotopic (exact) mass is 432 g/mol.